The molecule has 1 aromatic carbocycles. The van der Waals surface area contributed by atoms with Gasteiger partial charge in [0, 0.05) is 24.7 Å². The molecule has 7 heteroatoms. The molecule has 5 nitrogen and oxygen atoms in total. The van der Waals surface area contributed by atoms with Gasteiger partial charge in [0.05, 0.1) is 0 Å². The topological polar surface area (TPSA) is 66.5 Å². The Labute approximate surface area is 135 Å². The predicted octanol–water partition coefficient (Wildman–Crippen LogP) is 2.08. The standard InChI is InChI=1S/C16H19FN2O3S/c1-3-9-19(10-4-2)16(20)12-5-8-14(17)15(11-12)23(21,22)18-13-6-7-13/h3-5,8,11,13,18H,1-2,6-7,9-10H2. The summed E-state index contributed by atoms with van der Waals surface area (Å²) in [4.78, 5) is 13.4. The van der Waals surface area contributed by atoms with Crippen molar-refractivity contribution in [3.63, 3.8) is 0 Å². The maximum Gasteiger partial charge on any atom is 0.254 e. The lowest BCUT2D eigenvalue weighted by molar-refractivity contribution is 0.0790. The van der Waals surface area contributed by atoms with Crippen molar-refractivity contribution in [1.29, 1.82) is 0 Å². The first-order valence-corrected chi connectivity index (χ1v) is 8.70. The van der Waals surface area contributed by atoms with Crippen LogP contribution in [0.2, 0.25) is 0 Å². The van der Waals surface area contributed by atoms with E-state index >= 15 is 0 Å². The molecule has 1 aliphatic rings. The molecule has 124 valence electrons. The minimum Gasteiger partial charge on any atom is -0.331 e. The van der Waals surface area contributed by atoms with Crippen LogP contribution in [0, 0.1) is 5.82 Å². The first kappa shape index (κ1) is 17.4. The number of benzene rings is 1. The minimum absolute atomic E-state index is 0.103. The second-order valence-electron chi connectivity index (χ2n) is 5.33. The van der Waals surface area contributed by atoms with E-state index in [4.69, 9.17) is 0 Å². The maximum atomic E-state index is 13.9. The molecule has 0 unspecified atom stereocenters. The quantitative estimate of drug-likeness (QED) is 0.738. The molecular weight excluding hydrogens is 319 g/mol. The third-order valence-corrected chi connectivity index (χ3v) is 4.89. The summed E-state index contributed by atoms with van der Waals surface area (Å²) in [5.41, 5.74) is 0.103. The van der Waals surface area contributed by atoms with E-state index in [0.717, 1.165) is 25.0 Å². The van der Waals surface area contributed by atoms with Crippen LogP contribution >= 0.6 is 0 Å². The van der Waals surface area contributed by atoms with Gasteiger partial charge >= 0.3 is 0 Å². The average molecular weight is 338 g/mol. The van der Waals surface area contributed by atoms with Crippen LogP contribution in [0.25, 0.3) is 0 Å². The Morgan fingerprint density at radius 3 is 2.43 bits per heavy atom. The lowest BCUT2D eigenvalue weighted by Crippen LogP contribution is -2.32. The number of nitrogens with zero attached hydrogens (tertiary/aromatic N) is 1. The highest BCUT2D eigenvalue weighted by Crippen LogP contribution is 2.24. The molecular formula is C16H19FN2O3S. The summed E-state index contributed by atoms with van der Waals surface area (Å²) in [5, 5.41) is 0. The molecule has 0 saturated heterocycles. The number of hydrogen-bond donors (Lipinski definition) is 1. The van der Waals surface area contributed by atoms with Crippen LogP contribution in [-0.4, -0.2) is 38.4 Å². The normalized spacial score (nSPS) is 14.3. The second kappa shape index (κ2) is 7.06. The molecule has 0 heterocycles. The first-order chi connectivity index (χ1) is 10.9. The first-order valence-electron chi connectivity index (χ1n) is 7.22. The molecule has 1 N–H and O–H groups in total. The van der Waals surface area contributed by atoms with Crippen LogP contribution in [0.4, 0.5) is 4.39 Å². The Kier molecular flexibility index (Phi) is 5.33. The molecule has 0 spiro atoms. The Balaban J connectivity index is 2.33. The monoisotopic (exact) mass is 338 g/mol. The van der Waals surface area contributed by atoms with Gasteiger partial charge in [-0.3, -0.25) is 4.79 Å². The van der Waals surface area contributed by atoms with Crippen molar-refractivity contribution >= 4 is 15.9 Å². The summed E-state index contributed by atoms with van der Waals surface area (Å²) in [6, 6.07) is 3.19. The molecule has 0 bridgehead atoms. The number of hydrogen-bond acceptors (Lipinski definition) is 3. The summed E-state index contributed by atoms with van der Waals surface area (Å²) in [5.74, 6) is -1.29. The molecule has 0 radical (unpaired) electrons. The van der Waals surface area contributed by atoms with Crippen molar-refractivity contribution in [2.75, 3.05) is 13.1 Å². The van der Waals surface area contributed by atoms with Gasteiger partial charge in [-0.05, 0) is 31.0 Å². The Morgan fingerprint density at radius 1 is 1.30 bits per heavy atom. The number of amides is 1. The van der Waals surface area contributed by atoms with Crippen LogP contribution in [-0.2, 0) is 10.0 Å². The van der Waals surface area contributed by atoms with Crippen molar-refractivity contribution in [3.8, 4) is 0 Å². The minimum atomic E-state index is -3.97. The zero-order chi connectivity index (χ0) is 17.0. The highest BCUT2D eigenvalue weighted by atomic mass is 32.2. The lowest BCUT2D eigenvalue weighted by Gasteiger charge is -2.19. The molecule has 1 aromatic rings. The lowest BCUT2D eigenvalue weighted by atomic mass is 10.2. The smallest absolute Gasteiger partial charge is 0.254 e. The Bertz CT molecular complexity index is 717. The fourth-order valence-electron chi connectivity index (χ4n) is 2.06. The van der Waals surface area contributed by atoms with Gasteiger partial charge < -0.3 is 4.90 Å². The largest absolute Gasteiger partial charge is 0.331 e. The zero-order valence-corrected chi connectivity index (χ0v) is 13.5. The van der Waals surface area contributed by atoms with E-state index in [1.54, 1.807) is 12.2 Å². The number of nitrogens with one attached hydrogen (secondary N) is 1. The molecule has 23 heavy (non-hydrogen) atoms. The molecule has 1 aliphatic carbocycles. The van der Waals surface area contributed by atoms with E-state index in [9.17, 15) is 17.6 Å². The number of halogens is 1. The molecule has 1 amide bonds. The number of sulfonamides is 1. The number of rotatable bonds is 8. The molecule has 0 aliphatic heterocycles. The fraction of sp³-hybridized carbons (Fsp3) is 0.312. The van der Waals surface area contributed by atoms with Crippen molar-refractivity contribution in [1.82, 2.24) is 9.62 Å². The van der Waals surface area contributed by atoms with E-state index < -0.39 is 26.6 Å². The van der Waals surface area contributed by atoms with Crippen molar-refractivity contribution < 1.29 is 17.6 Å². The summed E-state index contributed by atoms with van der Waals surface area (Å²) >= 11 is 0. The highest BCUT2D eigenvalue weighted by Gasteiger charge is 2.30. The fourth-order valence-corrected chi connectivity index (χ4v) is 3.47. The number of carbonyl (C=O) groups excluding carboxylic acids is 1. The zero-order valence-electron chi connectivity index (χ0n) is 12.7. The van der Waals surface area contributed by atoms with Crippen molar-refractivity contribution in [2.45, 2.75) is 23.8 Å². The summed E-state index contributed by atoms with van der Waals surface area (Å²) in [6.45, 7) is 7.72. The van der Waals surface area contributed by atoms with Crippen LogP contribution in [0.1, 0.15) is 23.2 Å². The van der Waals surface area contributed by atoms with Crippen LogP contribution in [0.15, 0.2) is 48.4 Å². The van der Waals surface area contributed by atoms with E-state index in [1.165, 1.54) is 11.0 Å². The van der Waals surface area contributed by atoms with E-state index in [2.05, 4.69) is 17.9 Å². The van der Waals surface area contributed by atoms with Gasteiger partial charge in [-0.2, -0.15) is 0 Å². The SMILES string of the molecule is C=CCN(CC=C)C(=O)c1ccc(F)c(S(=O)(=O)NC2CC2)c1. The molecule has 0 atom stereocenters. The second-order valence-corrected chi connectivity index (χ2v) is 7.01. The molecule has 1 saturated carbocycles. The molecule has 2 rings (SSSR count). The number of carbonyl (C=O) groups is 1. The molecule has 0 aromatic heterocycles. The van der Waals surface area contributed by atoms with Gasteiger partial charge in [0.15, 0.2) is 0 Å². The van der Waals surface area contributed by atoms with Gasteiger partial charge in [-0.1, -0.05) is 12.2 Å². The Hall–Kier alpha value is -1.99. The van der Waals surface area contributed by atoms with Crippen molar-refractivity contribution in [3.05, 3.63) is 54.9 Å². The van der Waals surface area contributed by atoms with Gasteiger partial charge in [0.25, 0.3) is 5.91 Å². The van der Waals surface area contributed by atoms with Crippen molar-refractivity contribution in [2.24, 2.45) is 0 Å². The maximum absolute atomic E-state index is 13.9. The average Bonchev–Trinajstić information content (AvgIpc) is 3.30. The van der Waals surface area contributed by atoms with Crippen LogP contribution in [0.3, 0.4) is 0 Å². The third kappa shape index (κ3) is 4.27. The van der Waals surface area contributed by atoms with Gasteiger partial charge in [-0.15, -0.1) is 13.2 Å². The van der Waals surface area contributed by atoms with E-state index in [0.29, 0.717) is 0 Å². The van der Waals surface area contributed by atoms with E-state index in [-0.39, 0.29) is 24.7 Å². The Morgan fingerprint density at radius 2 is 1.91 bits per heavy atom. The third-order valence-electron chi connectivity index (χ3n) is 3.35. The van der Waals surface area contributed by atoms with Gasteiger partial charge in [0.1, 0.15) is 10.7 Å². The summed E-state index contributed by atoms with van der Waals surface area (Å²) in [6.07, 6.45) is 4.59. The van der Waals surface area contributed by atoms with Gasteiger partial charge in [0.2, 0.25) is 10.0 Å². The van der Waals surface area contributed by atoms with Crippen LogP contribution < -0.4 is 4.72 Å². The highest BCUT2D eigenvalue weighted by molar-refractivity contribution is 7.89. The van der Waals surface area contributed by atoms with Gasteiger partial charge in [-0.25, -0.2) is 17.5 Å². The van der Waals surface area contributed by atoms with E-state index in [1.807, 2.05) is 0 Å². The van der Waals surface area contributed by atoms with Crippen LogP contribution in [0.5, 0.6) is 0 Å². The summed E-state index contributed by atoms with van der Waals surface area (Å²) in [7, 11) is -3.97. The predicted molar refractivity (Wildman–Crippen MR) is 86.0 cm³/mol. The molecule has 1 fully saturated rings. The summed E-state index contributed by atoms with van der Waals surface area (Å²) < 4.78 is 40.7.